The average Bonchev–Trinajstić information content (AvgIpc) is 2.98. The molecule has 7 atom stereocenters. The number of phosphoric ester groups is 1. The van der Waals surface area contributed by atoms with Gasteiger partial charge in [0, 0.05) is 6.20 Å². The monoisotopic (exact) mass is 521 g/mol. The van der Waals surface area contributed by atoms with Gasteiger partial charge in [0.2, 0.25) is 0 Å². The highest BCUT2D eigenvalue weighted by Crippen LogP contribution is 2.57. The van der Waals surface area contributed by atoms with Crippen LogP contribution >= 0.6 is 15.6 Å². The number of phosphoric acid groups is 2. The normalized spacial score (nSPS) is 28.2. The standard InChI is InChI=1S/C14H25N3O14P2/c1-14(22,6-18)8(19)5-28-11-10(20)7(4-29-33(26,27)31-32(23,24)25)30-12(11)17-3-2-9(15)16-13(17)21/h2-3,7-8,10-12,18-20,22H,4-6H2,1H3,(H,26,27)(H2,15,16,21)(H2,23,24,25)/t7-,8-,10-,11?,12-,14+/m1/s1. The van der Waals surface area contributed by atoms with Gasteiger partial charge in [-0.2, -0.15) is 9.29 Å². The number of rotatable bonds is 11. The maximum absolute atomic E-state index is 12.2. The van der Waals surface area contributed by atoms with Gasteiger partial charge in [-0.3, -0.25) is 9.09 Å². The van der Waals surface area contributed by atoms with Crippen molar-refractivity contribution < 1.29 is 62.5 Å². The Bertz CT molecular complexity index is 967. The molecule has 0 amide bonds. The van der Waals surface area contributed by atoms with E-state index in [0.29, 0.717) is 0 Å². The van der Waals surface area contributed by atoms with Gasteiger partial charge < -0.3 is 50.3 Å². The lowest BCUT2D eigenvalue weighted by Gasteiger charge is -2.29. The first kappa shape index (κ1) is 27.9. The third-order valence-electron chi connectivity index (χ3n) is 4.53. The molecular weight excluding hydrogens is 496 g/mol. The molecule has 0 aromatic carbocycles. The number of aliphatic hydroxyl groups excluding tert-OH is 3. The molecule has 1 aliphatic rings. The first-order valence-electron chi connectivity index (χ1n) is 9.11. The van der Waals surface area contributed by atoms with E-state index in [1.165, 1.54) is 6.07 Å². The fourth-order valence-corrected chi connectivity index (χ4v) is 4.29. The highest BCUT2D eigenvalue weighted by molar-refractivity contribution is 7.60. The summed E-state index contributed by atoms with van der Waals surface area (Å²) in [5, 5.41) is 39.6. The van der Waals surface area contributed by atoms with Gasteiger partial charge in [-0.1, -0.05) is 0 Å². The molecule has 1 aliphatic heterocycles. The molecule has 0 aliphatic carbocycles. The number of aromatic nitrogens is 2. The molecule has 0 saturated carbocycles. The van der Waals surface area contributed by atoms with Crippen molar-refractivity contribution in [2.45, 2.75) is 43.2 Å². The molecule has 19 heteroatoms. The summed E-state index contributed by atoms with van der Waals surface area (Å²) in [6, 6.07) is 1.22. The summed E-state index contributed by atoms with van der Waals surface area (Å²) in [4.78, 5) is 42.4. The average molecular weight is 521 g/mol. The van der Waals surface area contributed by atoms with Crippen LogP contribution in [0.3, 0.4) is 0 Å². The van der Waals surface area contributed by atoms with E-state index in [1.54, 1.807) is 0 Å². The quantitative estimate of drug-likeness (QED) is 0.133. The summed E-state index contributed by atoms with van der Waals surface area (Å²) < 4.78 is 42.2. The van der Waals surface area contributed by atoms with Gasteiger partial charge in [-0.05, 0) is 13.0 Å². The van der Waals surface area contributed by atoms with E-state index in [2.05, 4.69) is 13.8 Å². The number of nitrogens with two attached hydrogens (primary N) is 1. The van der Waals surface area contributed by atoms with Crippen molar-refractivity contribution in [3.63, 3.8) is 0 Å². The molecule has 1 aromatic rings. The van der Waals surface area contributed by atoms with Crippen LogP contribution in [-0.2, 0) is 27.4 Å². The van der Waals surface area contributed by atoms with Crippen molar-refractivity contribution in [1.29, 1.82) is 0 Å². The van der Waals surface area contributed by atoms with E-state index in [-0.39, 0.29) is 5.82 Å². The number of ether oxygens (including phenoxy) is 2. The molecule has 1 fully saturated rings. The van der Waals surface area contributed by atoms with Crippen molar-refractivity contribution in [2.75, 3.05) is 25.6 Å². The topological polar surface area (TPSA) is 274 Å². The second-order valence-corrected chi connectivity index (χ2v) is 10.1. The van der Waals surface area contributed by atoms with Crippen molar-refractivity contribution in [2.24, 2.45) is 0 Å². The van der Waals surface area contributed by atoms with Gasteiger partial charge in [0.25, 0.3) is 0 Å². The smallest absolute Gasteiger partial charge is 0.393 e. The number of hydrogen-bond acceptors (Lipinski definition) is 13. The first-order chi connectivity index (χ1) is 15.1. The second kappa shape index (κ2) is 10.5. The van der Waals surface area contributed by atoms with E-state index in [4.69, 9.17) is 30.1 Å². The Morgan fingerprint density at radius 1 is 1.36 bits per heavy atom. The summed E-state index contributed by atoms with van der Waals surface area (Å²) in [7, 11) is -10.7. The lowest BCUT2D eigenvalue weighted by molar-refractivity contribution is -0.147. The third kappa shape index (κ3) is 7.60. The molecular formula is C14H25N3O14P2. The largest absolute Gasteiger partial charge is 0.481 e. The summed E-state index contributed by atoms with van der Waals surface area (Å²) in [5.74, 6) is -0.127. The van der Waals surface area contributed by atoms with E-state index in [1.807, 2.05) is 0 Å². The third-order valence-corrected chi connectivity index (χ3v) is 6.69. The minimum absolute atomic E-state index is 0.127. The van der Waals surface area contributed by atoms with Crippen LogP contribution in [0.2, 0.25) is 0 Å². The molecule has 190 valence electrons. The maximum atomic E-state index is 12.2. The molecule has 1 saturated heterocycles. The van der Waals surface area contributed by atoms with Gasteiger partial charge in [-0.25, -0.2) is 13.9 Å². The number of nitrogens with zero attached hydrogens (tertiary/aromatic N) is 2. The zero-order valence-electron chi connectivity index (χ0n) is 17.0. The molecule has 1 aromatic heterocycles. The molecule has 17 nitrogen and oxygen atoms in total. The van der Waals surface area contributed by atoms with Crippen LogP contribution in [0.5, 0.6) is 0 Å². The molecule has 33 heavy (non-hydrogen) atoms. The molecule has 2 rings (SSSR count). The molecule has 9 N–H and O–H groups in total. The van der Waals surface area contributed by atoms with Gasteiger partial charge in [0.05, 0.1) is 19.8 Å². The summed E-state index contributed by atoms with van der Waals surface area (Å²) in [6.07, 6.45) is -6.58. The minimum atomic E-state index is -5.39. The van der Waals surface area contributed by atoms with Gasteiger partial charge in [0.15, 0.2) is 6.23 Å². The van der Waals surface area contributed by atoms with E-state index in [0.717, 1.165) is 17.7 Å². The number of anilines is 1. The predicted octanol–water partition coefficient (Wildman–Crippen LogP) is -3.20. The Kier molecular flexibility index (Phi) is 8.92. The van der Waals surface area contributed by atoms with Crippen molar-refractivity contribution in [1.82, 2.24) is 9.55 Å². The lowest BCUT2D eigenvalue weighted by Crippen LogP contribution is -2.47. The Balaban J connectivity index is 2.23. The van der Waals surface area contributed by atoms with Crippen LogP contribution in [0.25, 0.3) is 0 Å². The van der Waals surface area contributed by atoms with Gasteiger partial charge in [0.1, 0.15) is 35.8 Å². The second-order valence-electron chi connectivity index (χ2n) is 7.26. The van der Waals surface area contributed by atoms with Crippen molar-refractivity contribution in [3.8, 4) is 0 Å². The van der Waals surface area contributed by atoms with Crippen LogP contribution in [0.4, 0.5) is 5.82 Å². The molecule has 0 spiro atoms. The highest BCUT2D eigenvalue weighted by Gasteiger charge is 2.48. The van der Waals surface area contributed by atoms with Crippen molar-refractivity contribution >= 4 is 21.5 Å². The molecule has 0 bridgehead atoms. The van der Waals surface area contributed by atoms with E-state index in [9.17, 15) is 34.1 Å². The number of hydrogen-bond donors (Lipinski definition) is 8. The van der Waals surface area contributed by atoms with Gasteiger partial charge in [-0.15, -0.1) is 0 Å². The zero-order valence-corrected chi connectivity index (χ0v) is 18.8. The lowest BCUT2D eigenvalue weighted by atomic mass is 10.0. The fourth-order valence-electron chi connectivity index (χ4n) is 2.69. The molecule has 2 heterocycles. The maximum Gasteiger partial charge on any atom is 0.481 e. The molecule has 0 radical (unpaired) electrons. The Labute approximate surface area is 185 Å². The Hall–Kier alpha value is -1.30. The minimum Gasteiger partial charge on any atom is -0.393 e. The van der Waals surface area contributed by atoms with Crippen molar-refractivity contribution in [3.05, 3.63) is 22.7 Å². The predicted molar refractivity (Wildman–Crippen MR) is 105 cm³/mol. The van der Waals surface area contributed by atoms with Crippen LogP contribution in [0.1, 0.15) is 13.2 Å². The van der Waals surface area contributed by atoms with Gasteiger partial charge >= 0.3 is 21.3 Å². The summed E-state index contributed by atoms with van der Waals surface area (Å²) in [6.45, 7) is -1.31. The molecule has 2 unspecified atom stereocenters. The van der Waals surface area contributed by atoms with Crippen LogP contribution in [0.15, 0.2) is 17.1 Å². The SMILES string of the molecule is C[C@](O)(CO)[C@H](O)COC1[C@H](n2ccc(N)nc2=O)O[C@H](COP(=O)(O)OP(=O)(O)O)[C@H]1O. The highest BCUT2D eigenvalue weighted by atomic mass is 31.3. The zero-order chi connectivity index (χ0) is 25.2. The Morgan fingerprint density at radius 2 is 2.00 bits per heavy atom. The first-order valence-corrected chi connectivity index (χ1v) is 12.1. The van der Waals surface area contributed by atoms with E-state index >= 15 is 0 Å². The van der Waals surface area contributed by atoms with E-state index < -0.39 is 77.4 Å². The fraction of sp³-hybridized carbons (Fsp3) is 0.714. The number of nitrogen functional groups attached to an aromatic ring is 1. The summed E-state index contributed by atoms with van der Waals surface area (Å²) in [5.41, 5.74) is 2.54. The van der Waals surface area contributed by atoms with Crippen LogP contribution in [-0.4, -0.2) is 94.5 Å². The van der Waals surface area contributed by atoms with Crippen LogP contribution in [0, 0.1) is 0 Å². The number of aliphatic hydroxyl groups is 4. The Morgan fingerprint density at radius 3 is 2.55 bits per heavy atom. The summed E-state index contributed by atoms with van der Waals surface area (Å²) >= 11 is 0. The van der Waals surface area contributed by atoms with Crippen LogP contribution < -0.4 is 11.4 Å².